The number of ether oxygens (including phenoxy) is 1. The fourth-order valence-electron chi connectivity index (χ4n) is 8.79. The van der Waals surface area contributed by atoms with Crippen LogP contribution in [0.25, 0.3) is 0 Å². The fourth-order valence-corrected chi connectivity index (χ4v) is 10.2. The van der Waals surface area contributed by atoms with Gasteiger partial charge in [-0.25, -0.2) is 13.2 Å². The Balaban J connectivity index is 1.16. The standard InChI is InChI=1S/C38H51N5O8S/c1-2-27-20-38(27,36(47)41-52(49,50)29-15-16-29)40-34(45)32-18-28-22-43(32)35(46)30(24-10-5-3-6-11-24)19-33(44)39-17-8-4-7-12-25-13-9-14-26-21-42(23-31(25)26)37(48)51-28/h2,9,13-14,24,27-30,32H,1,3-8,10-12,15-23H2,(H,39,44)(H,40,45)(H,41,47)/t27-,28-,30+,32+,38-/m1/s1. The molecule has 0 spiro atoms. The number of rotatable bonds is 7. The van der Waals surface area contributed by atoms with Crippen molar-refractivity contribution in [3.8, 4) is 0 Å². The molecule has 1 aromatic rings. The SMILES string of the molecule is C=C[C@@H]1C[C@]1(NC(=O)[C@@H]1C[C@@H]2CN1C(=O)[C@H](C1CCCCC1)CC(=O)NCCCCCc1cccc3c1CN(C3)C(=O)O2)C(=O)NS(=O)(=O)C1CC1. The number of nitrogens with zero attached hydrogens (tertiary/aromatic N) is 2. The highest BCUT2D eigenvalue weighted by Crippen LogP contribution is 2.46. The summed E-state index contributed by atoms with van der Waals surface area (Å²) in [6.07, 6.45) is 9.35. The maximum absolute atomic E-state index is 14.7. The molecule has 14 heteroatoms. The largest absolute Gasteiger partial charge is 0.444 e. The zero-order chi connectivity index (χ0) is 36.6. The van der Waals surface area contributed by atoms with Crippen molar-refractivity contribution in [2.75, 3.05) is 13.1 Å². The lowest BCUT2D eigenvalue weighted by Crippen LogP contribution is -2.57. The molecule has 5 atom stereocenters. The van der Waals surface area contributed by atoms with Crippen LogP contribution in [-0.4, -0.2) is 84.0 Å². The molecule has 3 heterocycles. The van der Waals surface area contributed by atoms with Crippen LogP contribution in [0.2, 0.25) is 0 Å². The van der Waals surface area contributed by atoms with Crippen LogP contribution in [0, 0.1) is 17.8 Å². The van der Waals surface area contributed by atoms with Gasteiger partial charge in [0.25, 0.3) is 5.91 Å². The topological polar surface area (TPSA) is 171 Å². The molecule has 3 aliphatic heterocycles. The molecule has 1 saturated heterocycles. The second-order valence-corrected chi connectivity index (χ2v) is 17.7. The molecule has 13 nitrogen and oxygen atoms in total. The van der Waals surface area contributed by atoms with Gasteiger partial charge in [0.05, 0.1) is 11.8 Å². The van der Waals surface area contributed by atoms with Gasteiger partial charge in [-0.15, -0.1) is 6.58 Å². The van der Waals surface area contributed by atoms with Crippen LogP contribution in [0.5, 0.6) is 0 Å². The average Bonchev–Trinajstić information content (AvgIpc) is 4.02. The molecule has 3 N–H and O–H groups in total. The Kier molecular flexibility index (Phi) is 10.4. The van der Waals surface area contributed by atoms with Gasteiger partial charge in [0.15, 0.2) is 0 Å². The van der Waals surface area contributed by atoms with Crippen molar-refractivity contribution < 1.29 is 37.1 Å². The average molecular weight is 738 g/mol. The van der Waals surface area contributed by atoms with E-state index in [-0.39, 0.29) is 43.5 Å². The van der Waals surface area contributed by atoms with Crippen molar-refractivity contribution >= 4 is 39.7 Å². The van der Waals surface area contributed by atoms with Crippen molar-refractivity contribution in [3.05, 3.63) is 47.5 Å². The van der Waals surface area contributed by atoms with Gasteiger partial charge in [0.2, 0.25) is 27.7 Å². The van der Waals surface area contributed by atoms with Crippen molar-refractivity contribution in [2.24, 2.45) is 17.8 Å². The molecule has 3 saturated carbocycles. The Bertz CT molecular complexity index is 1720. The number of carbonyl (C=O) groups is 5. The Hall–Kier alpha value is -3.94. The predicted molar refractivity (Wildman–Crippen MR) is 191 cm³/mol. The van der Waals surface area contributed by atoms with Gasteiger partial charge >= 0.3 is 6.09 Å². The van der Waals surface area contributed by atoms with Crippen molar-refractivity contribution in [1.29, 1.82) is 0 Å². The van der Waals surface area contributed by atoms with E-state index in [1.807, 2.05) is 12.1 Å². The number of amides is 5. The first-order valence-electron chi connectivity index (χ1n) is 19.1. The lowest BCUT2D eigenvalue weighted by molar-refractivity contribution is -0.146. The summed E-state index contributed by atoms with van der Waals surface area (Å²) in [5.41, 5.74) is 1.85. The van der Waals surface area contributed by atoms with Crippen LogP contribution >= 0.6 is 0 Å². The maximum Gasteiger partial charge on any atom is 0.410 e. The van der Waals surface area contributed by atoms with Gasteiger partial charge < -0.3 is 20.3 Å². The van der Waals surface area contributed by atoms with E-state index in [1.165, 1.54) is 16.5 Å². The van der Waals surface area contributed by atoms with E-state index < -0.39 is 62.7 Å². The van der Waals surface area contributed by atoms with Crippen molar-refractivity contribution in [3.63, 3.8) is 0 Å². The zero-order valence-corrected chi connectivity index (χ0v) is 30.6. The molecular formula is C38H51N5O8S. The summed E-state index contributed by atoms with van der Waals surface area (Å²) in [7, 11) is -3.88. The number of sulfonamides is 1. The van der Waals surface area contributed by atoms with Crippen molar-refractivity contribution in [1.82, 2.24) is 25.2 Å². The Labute approximate surface area is 305 Å². The predicted octanol–water partition coefficient (Wildman–Crippen LogP) is 3.21. The molecule has 0 radical (unpaired) electrons. The van der Waals surface area contributed by atoms with E-state index >= 15 is 0 Å². The minimum Gasteiger partial charge on any atom is -0.444 e. The summed E-state index contributed by atoms with van der Waals surface area (Å²) in [5, 5.41) is 5.21. The van der Waals surface area contributed by atoms with Gasteiger partial charge in [-0.2, -0.15) is 0 Å². The number of aryl methyl sites for hydroxylation is 1. The van der Waals surface area contributed by atoms with Crippen LogP contribution in [0.1, 0.15) is 100 Å². The van der Waals surface area contributed by atoms with Gasteiger partial charge in [-0.05, 0) is 74.0 Å². The number of fused-ring (bicyclic) bond motifs is 3. The van der Waals surface area contributed by atoms with Gasteiger partial charge in [0, 0.05) is 44.3 Å². The third-order valence-corrected chi connectivity index (χ3v) is 13.9. The Morgan fingerprint density at radius 1 is 0.981 bits per heavy atom. The number of nitrogens with one attached hydrogen (secondary N) is 3. The second-order valence-electron chi connectivity index (χ2n) is 15.7. The molecule has 4 bridgehead atoms. The van der Waals surface area contributed by atoms with Gasteiger partial charge in [0.1, 0.15) is 17.7 Å². The van der Waals surface area contributed by atoms with Gasteiger partial charge in [-0.3, -0.25) is 28.8 Å². The number of carbonyl (C=O) groups excluding carboxylic acids is 5. The molecule has 0 unspecified atom stereocenters. The van der Waals surface area contributed by atoms with E-state index in [0.29, 0.717) is 32.5 Å². The maximum atomic E-state index is 14.7. The molecule has 5 amide bonds. The monoisotopic (exact) mass is 737 g/mol. The number of hydrogen-bond acceptors (Lipinski definition) is 8. The van der Waals surface area contributed by atoms with Crippen LogP contribution in [-0.2, 0) is 53.4 Å². The van der Waals surface area contributed by atoms with Crippen LogP contribution in [0.4, 0.5) is 4.79 Å². The Morgan fingerprint density at radius 2 is 1.73 bits per heavy atom. The molecule has 0 aromatic heterocycles. The summed E-state index contributed by atoms with van der Waals surface area (Å²) < 4.78 is 33.6. The highest BCUT2D eigenvalue weighted by Gasteiger charge is 2.62. The van der Waals surface area contributed by atoms with E-state index in [0.717, 1.165) is 68.9 Å². The highest BCUT2D eigenvalue weighted by molar-refractivity contribution is 7.91. The van der Waals surface area contributed by atoms with Gasteiger partial charge in [-0.1, -0.05) is 50.0 Å². The lowest BCUT2D eigenvalue weighted by atomic mass is 9.77. The molecule has 3 aliphatic carbocycles. The zero-order valence-electron chi connectivity index (χ0n) is 29.8. The quantitative estimate of drug-likeness (QED) is 0.358. The first-order valence-corrected chi connectivity index (χ1v) is 20.7. The molecule has 4 fully saturated rings. The minimum absolute atomic E-state index is 0.00420. The second kappa shape index (κ2) is 14.8. The highest BCUT2D eigenvalue weighted by atomic mass is 32.2. The fraction of sp³-hybridized carbons (Fsp3) is 0.658. The van der Waals surface area contributed by atoms with Crippen LogP contribution < -0.4 is 15.4 Å². The Morgan fingerprint density at radius 3 is 2.46 bits per heavy atom. The minimum atomic E-state index is -3.88. The third kappa shape index (κ3) is 7.58. The van der Waals surface area contributed by atoms with Crippen molar-refractivity contribution in [2.45, 2.75) is 126 Å². The lowest BCUT2D eigenvalue weighted by Gasteiger charge is -2.34. The molecule has 1 aromatic carbocycles. The molecule has 282 valence electrons. The molecule has 7 rings (SSSR count). The smallest absolute Gasteiger partial charge is 0.410 e. The molecule has 52 heavy (non-hydrogen) atoms. The van der Waals surface area contributed by atoms with E-state index in [9.17, 15) is 32.4 Å². The third-order valence-electron chi connectivity index (χ3n) is 12.1. The summed E-state index contributed by atoms with van der Waals surface area (Å²) in [5.74, 6) is -3.22. The first-order chi connectivity index (χ1) is 25.0. The first kappa shape index (κ1) is 36.4. The molecular weight excluding hydrogens is 687 g/mol. The normalized spacial score (nSPS) is 30.3. The van der Waals surface area contributed by atoms with E-state index in [2.05, 4.69) is 28.0 Å². The summed E-state index contributed by atoms with van der Waals surface area (Å²) in [6, 6.07) is 5.01. The number of hydrogen-bond donors (Lipinski definition) is 3. The summed E-state index contributed by atoms with van der Waals surface area (Å²) >= 11 is 0. The van der Waals surface area contributed by atoms with Crippen LogP contribution in [0.15, 0.2) is 30.9 Å². The molecule has 6 aliphatic rings. The van der Waals surface area contributed by atoms with Crippen LogP contribution in [0.3, 0.4) is 0 Å². The summed E-state index contributed by atoms with van der Waals surface area (Å²) in [4.78, 5) is 72.5. The number of benzene rings is 1. The van der Waals surface area contributed by atoms with E-state index in [1.54, 1.807) is 4.90 Å². The van der Waals surface area contributed by atoms with E-state index in [4.69, 9.17) is 4.74 Å². The summed E-state index contributed by atoms with van der Waals surface area (Å²) in [6.45, 7) is 5.06.